The quantitative estimate of drug-likeness (QED) is 0.195. The zero-order chi connectivity index (χ0) is 24.0. The van der Waals surface area contributed by atoms with E-state index < -0.39 is 0 Å². The molecule has 0 atom stereocenters. The van der Waals surface area contributed by atoms with Gasteiger partial charge in [0.1, 0.15) is 0 Å². The first-order valence-corrected chi connectivity index (χ1v) is 12.1. The minimum Gasteiger partial charge on any atom is -0.239 e. The van der Waals surface area contributed by atoms with Crippen LogP contribution in [0.2, 0.25) is 0 Å². The van der Waals surface area contributed by atoms with Crippen molar-refractivity contribution in [3.63, 3.8) is 0 Å². The predicted octanol–water partition coefficient (Wildman–Crippen LogP) is 10.1. The van der Waals surface area contributed by atoms with Crippen molar-refractivity contribution in [2.45, 2.75) is 68.7 Å². The van der Waals surface area contributed by atoms with Crippen LogP contribution in [-0.4, -0.2) is 11.5 Å². The van der Waals surface area contributed by atoms with Gasteiger partial charge in [0.2, 0.25) is 0 Å². The van der Waals surface area contributed by atoms with E-state index in [0.717, 1.165) is 12.0 Å². The summed E-state index contributed by atoms with van der Waals surface area (Å²) in [5.41, 5.74) is 1.32. The third-order valence-electron chi connectivity index (χ3n) is 2.67. The fourth-order valence-electron chi connectivity index (χ4n) is 1.67. The minimum absolute atomic E-state index is 0. The van der Waals surface area contributed by atoms with Crippen LogP contribution in [-0.2, 0) is 37.0 Å². The Morgan fingerprint density at radius 3 is 1.03 bits per heavy atom. The van der Waals surface area contributed by atoms with Gasteiger partial charge in [-0.05, 0) is 17.7 Å². The van der Waals surface area contributed by atoms with Gasteiger partial charge >= 0.3 is 0 Å². The Labute approximate surface area is 223 Å². The van der Waals surface area contributed by atoms with Crippen molar-refractivity contribution < 1.29 is 42.3 Å². The maximum Gasteiger partial charge on any atom is 0.0277 e. The number of fused-ring (bicyclic) bond motifs is 1. The summed E-state index contributed by atoms with van der Waals surface area (Å²) in [4.78, 5) is 0. The van der Waals surface area contributed by atoms with E-state index in [2.05, 4.69) is 85.8 Å². The molecule has 0 aliphatic carbocycles. The van der Waals surface area contributed by atoms with Crippen LogP contribution in [0.5, 0.6) is 0 Å². The van der Waals surface area contributed by atoms with Gasteiger partial charge in [0, 0.05) is 51.0 Å². The molecular formula is C27H46O2SY. The molecule has 0 heterocycles. The minimum atomic E-state index is 0. The monoisotopic (exact) mass is 523 g/mol. The fourth-order valence-corrected chi connectivity index (χ4v) is 1.67. The van der Waals surface area contributed by atoms with Gasteiger partial charge in [-0.1, -0.05) is 146 Å². The van der Waals surface area contributed by atoms with Crippen molar-refractivity contribution in [1.82, 2.24) is 0 Å². The molecule has 31 heavy (non-hydrogen) atoms. The molecule has 0 aliphatic rings. The van der Waals surface area contributed by atoms with E-state index in [-0.39, 0.29) is 32.7 Å². The molecule has 0 aromatic heterocycles. The van der Waals surface area contributed by atoms with Crippen LogP contribution < -0.4 is 0 Å². The van der Waals surface area contributed by atoms with Crippen molar-refractivity contribution in [3.05, 3.63) is 84.4 Å². The summed E-state index contributed by atoms with van der Waals surface area (Å²) in [7, 11) is 0. The van der Waals surface area contributed by atoms with Crippen LogP contribution in [0.3, 0.4) is 0 Å². The molecule has 3 rings (SSSR count). The van der Waals surface area contributed by atoms with Crippen LogP contribution in [0.4, 0.5) is 0 Å². The summed E-state index contributed by atoms with van der Waals surface area (Å²) in [5, 5.41) is 9.96. The maximum absolute atomic E-state index is 7.34. The molecule has 3 aromatic rings. The molecule has 1 radical (unpaired) electrons. The van der Waals surface area contributed by atoms with Crippen LogP contribution in [0.25, 0.3) is 10.8 Å². The second kappa shape index (κ2) is 39.7. The number of benzene rings is 3. The van der Waals surface area contributed by atoms with E-state index in [9.17, 15) is 0 Å². The molecule has 0 saturated heterocycles. The molecule has 0 saturated carbocycles. The second-order valence-electron chi connectivity index (χ2n) is 4.95. The van der Waals surface area contributed by atoms with E-state index in [4.69, 9.17) is 5.26 Å². The van der Waals surface area contributed by atoms with Gasteiger partial charge in [-0.3, -0.25) is 0 Å². The average molecular weight is 524 g/mol. The first kappa shape index (κ1) is 40.6. The molecule has 2 nitrogen and oxygen atoms in total. The first-order chi connectivity index (χ1) is 14.7. The van der Waals surface area contributed by atoms with Gasteiger partial charge in [-0.25, -0.2) is 5.26 Å². The van der Waals surface area contributed by atoms with Gasteiger partial charge in [-0.15, -0.1) is 0 Å². The maximum atomic E-state index is 7.34. The molecule has 3 aromatic carbocycles. The van der Waals surface area contributed by atoms with Gasteiger partial charge in [0.05, 0.1) is 0 Å². The van der Waals surface area contributed by atoms with Crippen molar-refractivity contribution in [1.29, 1.82) is 0 Å². The van der Waals surface area contributed by atoms with Crippen molar-refractivity contribution in [2.24, 2.45) is 0 Å². The van der Waals surface area contributed by atoms with Gasteiger partial charge in [-0.2, -0.15) is 4.33 Å². The second-order valence-corrected chi connectivity index (χ2v) is 5.43. The zero-order valence-corrected chi connectivity index (χ0v) is 25.2. The molecule has 1 N–H and O–H groups in total. The molecular weight excluding hydrogens is 477 g/mol. The van der Waals surface area contributed by atoms with Gasteiger partial charge < -0.3 is 0 Å². The Morgan fingerprint density at radius 1 is 0.645 bits per heavy atom. The van der Waals surface area contributed by atoms with E-state index in [1.165, 1.54) is 22.8 Å². The number of hydrogen-bond donors (Lipinski definition) is 1. The Bertz CT molecular complexity index is 567. The zero-order valence-electron chi connectivity index (χ0n) is 21.6. The topological polar surface area (TPSA) is 29.5 Å². The van der Waals surface area contributed by atoms with E-state index in [1.807, 2.05) is 59.7 Å². The molecule has 0 unspecified atom stereocenters. The summed E-state index contributed by atoms with van der Waals surface area (Å²) >= 11 is 0.912. The molecule has 0 amide bonds. The first-order valence-electron chi connectivity index (χ1n) is 11.0. The third-order valence-corrected chi connectivity index (χ3v) is 2.82. The molecule has 0 spiro atoms. The molecule has 4 heteroatoms. The molecule has 0 bridgehead atoms. The summed E-state index contributed by atoms with van der Waals surface area (Å²) in [6.45, 7) is 18.3. The number of rotatable bonds is 1. The van der Waals surface area contributed by atoms with Gasteiger partial charge in [0.25, 0.3) is 0 Å². The van der Waals surface area contributed by atoms with Crippen LogP contribution >= 0.6 is 12.0 Å². The van der Waals surface area contributed by atoms with E-state index in [1.54, 1.807) is 6.26 Å². The summed E-state index contributed by atoms with van der Waals surface area (Å²) < 4.78 is 3.46. The average Bonchev–Trinajstić information content (AvgIpc) is 2.84. The Morgan fingerprint density at radius 2 is 0.871 bits per heavy atom. The Kier molecular flexibility index (Phi) is 52.1. The number of hydrogen-bond acceptors (Lipinski definition) is 3. The van der Waals surface area contributed by atoms with E-state index in [0.29, 0.717) is 0 Å². The van der Waals surface area contributed by atoms with E-state index >= 15 is 0 Å². The summed E-state index contributed by atoms with van der Waals surface area (Å²) in [5.74, 6) is 0. The number of aryl methyl sites for hydroxylation is 1. The van der Waals surface area contributed by atoms with Gasteiger partial charge in [0.15, 0.2) is 0 Å². The summed E-state index contributed by atoms with van der Waals surface area (Å²) in [6, 6.07) is 27.0. The fraction of sp³-hybridized carbons (Fsp3) is 0.407. The van der Waals surface area contributed by atoms with Crippen LogP contribution in [0, 0.1) is 6.92 Å². The molecule has 175 valence electrons. The smallest absolute Gasteiger partial charge is 0.0277 e. The SMILES string of the molecule is CC.CC.CC.CCC.CSOO.Cc1ccccc1.[Y].c1ccc2ccccc2c1. The van der Waals surface area contributed by atoms with Crippen LogP contribution in [0.1, 0.15) is 67.4 Å². The molecule has 0 fully saturated rings. The normalized spacial score (nSPS) is 7.32. The van der Waals surface area contributed by atoms with Crippen molar-refractivity contribution in [3.8, 4) is 0 Å². The summed E-state index contributed by atoms with van der Waals surface area (Å²) in [6.07, 6.45) is 2.88. The van der Waals surface area contributed by atoms with Crippen molar-refractivity contribution >= 4 is 22.8 Å². The third kappa shape index (κ3) is 31.6. The largest absolute Gasteiger partial charge is 0.239 e. The Balaban J connectivity index is -0.0000000955. The standard InChI is InChI=1S/C10H8.C7H8.C3H8.3C2H6.CH4O2S.Y/c1-2-6-10-8-4-3-7-9(10)5-1;1-7-5-3-2-4-6-7;1-3-2;3*1-2;1-4-3-2;/h1-8H;2-6H,1H3;3H2,1-2H3;3*1-2H3;2H,1H3;. The predicted molar refractivity (Wildman–Crippen MR) is 142 cm³/mol. The van der Waals surface area contributed by atoms with Crippen LogP contribution in [0.15, 0.2) is 78.9 Å². The van der Waals surface area contributed by atoms with Crippen molar-refractivity contribution in [2.75, 3.05) is 6.26 Å². The Hall–Kier alpha value is -0.706. The molecule has 0 aliphatic heterocycles.